The Balaban J connectivity index is 2.03. The maximum Gasteiger partial charge on any atom is 0.324 e. The minimum Gasteiger partial charge on any atom is -0.467 e. The summed E-state index contributed by atoms with van der Waals surface area (Å²) in [7, 11) is 8.38. The van der Waals surface area contributed by atoms with Crippen molar-refractivity contribution in [3.05, 3.63) is 0 Å². The fourth-order valence-corrected chi connectivity index (χ4v) is 2.58. The number of amides is 2. The van der Waals surface area contributed by atoms with Gasteiger partial charge in [-0.2, -0.15) is 9.97 Å². The van der Waals surface area contributed by atoms with E-state index < -0.39 is 0 Å². The highest BCUT2D eigenvalue weighted by atomic mass is 16.5. The largest absolute Gasteiger partial charge is 0.467 e. The van der Waals surface area contributed by atoms with E-state index in [-0.39, 0.29) is 24.1 Å². The zero-order valence-corrected chi connectivity index (χ0v) is 14.3. The fraction of sp³-hybridized carbons (Fsp3) is 0.714. The Morgan fingerprint density at radius 2 is 1.57 bits per heavy atom. The number of anilines is 1. The van der Waals surface area contributed by atoms with Crippen molar-refractivity contribution in [3.63, 3.8) is 0 Å². The smallest absolute Gasteiger partial charge is 0.324 e. The average molecular weight is 324 g/mol. The molecule has 1 aliphatic heterocycles. The summed E-state index contributed by atoms with van der Waals surface area (Å²) in [5.41, 5.74) is 0. The van der Waals surface area contributed by atoms with E-state index in [1.54, 1.807) is 23.9 Å². The number of carbonyl (C=O) groups is 1. The Labute approximate surface area is 136 Å². The third-order valence-corrected chi connectivity index (χ3v) is 3.93. The van der Waals surface area contributed by atoms with Crippen molar-refractivity contribution in [2.75, 3.05) is 53.4 Å². The summed E-state index contributed by atoms with van der Waals surface area (Å²) in [6, 6.07) is 0.696. The minimum atomic E-state index is 0.0203. The highest BCUT2D eigenvalue weighted by molar-refractivity contribution is 5.73. The number of hydrogen-bond acceptors (Lipinski definition) is 7. The van der Waals surface area contributed by atoms with Gasteiger partial charge in [0.1, 0.15) is 0 Å². The van der Waals surface area contributed by atoms with Gasteiger partial charge >= 0.3 is 18.1 Å². The molecule has 128 valence electrons. The molecule has 1 aliphatic rings. The average Bonchev–Trinajstić information content (AvgIpc) is 2.59. The Bertz CT molecular complexity index is 523. The van der Waals surface area contributed by atoms with Crippen LogP contribution >= 0.6 is 0 Å². The van der Waals surface area contributed by atoms with Crippen LogP contribution in [0.2, 0.25) is 0 Å². The number of ether oxygens (including phenoxy) is 2. The summed E-state index contributed by atoms with van der Waals surface area (Å²) in [6.07, 6.45) is 1.71. The zero-order chi connectivity index (χ0) is 17.0. The van der Waals surface area contributed by atoms with Gasteiger partial charge in [-0.3, -0.25) is 0 Å². The van der Waals surface area contributed by atoms with Crippen molar-refractivity contribution in [2.45, 2.75) is 18.9 Å². The van der Waals surface area contributed by atoms with Crippen molar-refractivity contribution in [3.8, 4) is 12.0 Å². The second kappa shape index (κ2) is 7.30. The predicted molar refractivity (Wildman–Crippen MR) is 85.0 cm³/mol. The van der Waals surface area contributed by atoms with Crippen molar-refractivity contribution >= 4 is 12.0 Å². The van der Waals surface area contributed by atoms with E-state index in [1.165, 1.54) is 14.2 Å². The first-order valence-electron chi connectivity index (χ1n) is 7.49. The third-order valence-electron chi connectivity index (χ3n) is 3.93. The SMILES string of the molecule is COc1nc(OC)nc(N2CCC(N(C)C(=O)N(C)C)CC2)n1. The van der Waals surface area contributed by atoms with E-state index in [4.69, 9.17) is 9.47 Å². The number of piperidine rings is 1. The number of urea groups is 1. The summed E-state index contributed by atoms with van der Waals surface area (Å²) in [6.45, 7) is 1.51. The number of hydrogen-bond donors (Lipinski definition) is 0. The molecule has 2 heterocycles. The molecule has 1 fully saturated rings. The van der Waals surface area contributed by atoms with E-state index >= 15 is 0 Å². The summed E-state index contributed by atoms with van der Waals surface area (Å²) in [4.78, 5) is 30.0. The molecule has 1 aromatic rings. The molecule has 0 radical (unpaired) electrons. The van der Waals surface area contributed by atoms with Gasteiger partial charge in [0.15, 0.2) is 0 Å². The zero-order valence-electron chi connectivity index (χ0n) is 14.3. The molecule has 1 saturated heterocycles. The first-order valence-corrected chi connectivity index (χ1v) is 7.49. The molecule has 0 saturated carbocycles. The minimum absolute atomic E-state index is 0.0203. The molecule has 0 aromatic carbocycles. The van der Waals surface area contributed by atoms with Crippen LogP contribution in [0.25, 0.3) is 0 Å². The first kappa shape index (κ1) is 17.0. The van der Waals surface area contributed by atoms with Crippen LogP contribution in [0, 0.1) is 0 Å². The maximum atomic E-state index is 12.0. The first-order chi connectivity index (χ1) is 11.0. The van der Waals surface area contributed by atoms with Crippen LogP contribution in [0.15, 0.2) is 0 Å². The van der Waals surface area contributed by atoms with Crippen LogP contribution < -0.4 is 14.4 Å². The molecule has 0 bridgehead atoms. The van der Waals surface area contributed by atoms with Gasteiger partial charge in [-0.15, -0.1) is 4.98 Å². The molecule has 2 amide bonds. The summed E-state index contributed by atoms with van der Waals surface area (Å²) in [5.74, 6) is 0.536. The lowest BCUT2D eigenvalue weighted by molar-refractivity contribution is 0.155. The molecule has 9 nitrogen and oxygen atoms in total. The lowest BCUT2D eigenvalue weighted by atomic mass is 10.0. The molecule has 1 aromatic heterocycles. The van der Waals surface area contributed by atoms with Gasteiger partial charge in [-0.25, -0.2) is 4.79 Å². The fourth-order valence-electron chi connectivity index (χ4n) is 2.58. The molecule has 0 N–H and O–H groups in total. The van der Waals surface area contributed by atoms with Gasteiger partial charge in [0.25, 0.3) is 0 Å². The summed E-state index contributed by atoms with van der Waals surface area (Å²) in [5, 5.41) is 0. The second-order valence-electron chi connectivity index (χ2n) is 5.61. The lowest BCUT2D eigenvalue weighted by Gasteiger charge is -2.37. The lowest BCUT2D eigenvalue weighted by Crippen LogP contribution is -2.48. The van der Waals surface area contributed by atoms with Crippen LogP contribution in [-0.4, -0.2) is 85.3 Å². The maximum absolute atomic E-state index is 12.0. The molecule has 9 heteroatoms. The molecule has 0 atom stereocenters. The molecule has 0 spiro atoms. The molecule has 2 rings (SSSR count). The van der Waals surface area contributed by atoms with Gasteiger partial charge in [-0.05, 0) is 12.8 Å². The van der Waals surface area contributed by atoms with E-state index in [0.717, 1.165) is 25.9 Å². The number of aromatic nitrogens is 3. The Morgan fingerprint density at radius 3 is 2.00 bits per heavy atom. The van der Waals surface area contributed by atoms with Crippen molar-refractivity contribution in [1.82, 2.24) is 24.8 Å². The molecular formula is C14H24N6O3. The highest BCUT2D eigenvalue weighted by Gasteiger charge is 2.27. The quantitative estimate of drug-likeness (QED) is 0.796. The second-order valence-corrected chi connectivity index (χ2v) is 5.61. The molecule has 23 heavy (non-hydrogen) atoms. The standard InChI is InChI=1S/C14H24N6O3/c1-18(2)14(21)19(3)10-6-8-20(9-7-10)11-15-12(22-4)17-13(16-11)23-5/h10H,6-9H2,1-5H3. The van der Waals surface area contributed by atoms with Crippen molar-refractivity contribution in [1.29, 1.82) is 0 Å². The van der Waals surface area contributed by atoms with E-state index in [0.29, 0.717) is 5.95 Å². The predicted octanol–water partition coefficient (Wildman–Crippen LogP) is 0.471. The van der Waals surface area contributed by atoms with Crippen LogP contribution in [0.3, 0.4) is 0 Å². The van der Waals surface area contributed by atoms with Crippen LogP contribution in [-0.2, 0) is 0 Å². The molecular weight excluding hydrogens is 300 g/mol. The summed E-state index contributed by atoms with van der Waals surface area (Å²) < 4.78 is 10.2. The van der Waals surface area contributed by atoms with Gasteiger partial charge < -0.3 is 24.2 Å². The van der Waals surface area contributed by atoms with Gasteiger partial charge in [0.2, 0.25) is 5.95 Å². The number of nitrogens with zero attached hydrogens (tertiary/aromatic N) is 6. The Kier molecular flexibility index (Phi) is 5.41. The summed E-state index contributed by atoms with van der Waals surface area (Å²) >= 11 is 0. The third kappa shape index (κ3) is 3.91. The molecule has 0 unspecified atom stereocenters. The molecule has 0 aliphatic carbocycles. The normalized spacial score (nSPS) is 15.3. The monoisotopic (exact) mass is 324 g/mol. The van der Waals surface area contributed by atoms with Crippen LogP contribution in [0.4, 0.5) is 10.7 Å². The van der Waals surface area contributed by atoms with E-state index in [2.05, 4.69) is 19.9 Å². The van der Waals surface area contributed by atoms with Gasteiger partial charge in [-0.1, -0.05) is 0 Å². The topological polar surface area (TPSA) is 83.9 Å². The number of methoxy groups -OCH3 is 2. The highest BCUT2D eigenvalue weighted by Crippen LogP contribution is 2.22. The Hall–Kier alpha value is -2.32. The number of carbonyl (C=O) groups excluding carboxylic acids is 1. The van der Waals surface area contributed by atoms with Gasteiger partial charge in [0, 0.05) is 40.3 Å². The van der Waals surface area contributed by atoms with Crippen LogP contribution in [0.5, 0.6) is 12.0 Å². The van der Waals surface area contributed by atoms with Crippen molar-refractivity contribution < 1.29 is 14.3 Å². The van der Waals surface area contributed by atoms with Crippen LogP contribution in [0.1, 0.15) is 12.8 Å². The van der Waals surface area contributed by atoms with Crippen molar-refractivity contribution in [2.24, 2.45) is 0 Å². The van der Waals surface area contributed by atoms with E-state index in [1.807, 2.05) is 7.05 Å². The van der Waals surface area contributed by atoms with E-state index in [9.17, 15) is 4.79 Å². The van der Waals surface area contributed by atoms with Gasteiger partial charge in [0.05, 0.1) is 14.2 Å². The Morgan fingerprint density at radius 1 is 1.04 bits per heavy atom. The number of rotatable bonds is 4.